The second-order valence-corrected chi connectivity index (χ2v) is 9.07. The molecule has 0 aromatic heterocycles. The zero-order chi connectivity index (χ0) is 27.6. The van der Waals surface area contributed by atoms with E-state index in [9.17, 15) is 55.9 Å². The Hall–Kier alpha value is -1.13. The van der Waals surface area contributed by atoms with Gasteiger partial charge in [-0.1, -0.05) is 0 Å². The smallest absolute Gasteiger partial charge is 0.217 e. The molecule has 0 aliphatic carbocycles. The number of amides is 1. The fourth-order valence-electron chi connectivity index (χ4n) is 4.45. The van der Waals surface area contributed by atoms with Crippen molar-refractivity contribution in [2.24, 2.45) is 0 Å². The van der Waals surface area contributed by atoms with E-state index in [1.807, 2.05) is 0 Å². The van der Waals surface area contributed by atoms with Gasteiger partial charge in [-0.2, -0.15) is 0 Å². The van der Waals surface area contributed by atoms with Crippen molar-refractivity contribution in [3.8, 4) is 0 Å². The Labute approximate surface area is 210 Å². The minimum Gasteiger partial charge on any atom is -0.394 e. The highest BCUT2D eigenvalue weighted by atomic mass is 16.7. The highest BCUT2D eigenvalue weighted by Gasteiger charge is 2.54. The Bertz CT molecular complexity index is 745. The summed E-state index contributed by atoms with van der Waals surface area (Å²) in [7, 11) is 0. The van der Waals surface area contributed by atoms with E-state index in [0.717, 1.165) is 6.92 Å². The van der Waals surface area contributed by atoms with Gasteiger partial charge in [0.1, 0.15) is 73.2 Å². The summed E-state index contributed by atoms with van der Waals surface area (Å²) in [4.78, 5) is 12.0. The Kier molecular flexibility index (Phi) is 10.5. The molecule has 11 N–H and O–H groups in total. The third-order valence-corrected chi connectivity index (χ3v) is 6.49. The van der Waals surface area contributed by atoms with Crippen molar-refractivity contribution < 1.29 is 79.5 Å². The summed E-state index contributed by atoms with van der Waals surface area (Å²) in [6.07, 6.45) is -23.4. The summed E-state index contributed by atoms with van der Waals surface area (Å²) in [6.45, 7) is -1.25. The SMILES string of the molecule is CC(=O)N[C@H]1[C@H](O[C@@H]2[C@@H](O)[C@@H](O)O[C@H](CO)[C@@H]2O)O[C@H](CO)[C@@H](O)[C@@H]1O[C@@H]1O[C@H](CO)[C@H](O)[C@H](O)[C@H]1O. The van der Waals surface area contributed by atoms with Crippen LogP contribution in [0.5, 0.6) is 0 Å². The fraction of sp³-hybridized carbons (Fsp3) is 0.950. The van der Waals surface area contributed by atoms with Crippen LogP contribution in [-0.2, 0) is 28.5 Å². The van der Waals surface area contributed by atoms with Crippen LogP contribution in [0.2, 0.25) is 0 Å². The molecule has 15 atom stereocenters. The molecule has 0 spiro atoms. The number of aliphatic hydroxyl groups excluding tert-OH is 10. The molecular weight excluding hydrogens is 510 g/mol. The summed E-state index contributed by atoms with van der Waals surface area (Å²) in [5.74, 6) is -0.694. The Morgan fingerprint density at radius 1 is 0.649 bits per heavy atom. The molecule has 0 aromatic carbocycles. The van der Waals surface area contributed by atoms with Crippen LogP contribution in [0, 0.1) is 0 Å². The first kappa shape index (κ1) is 30.4. The molecule has 0 radical (unpaired) electrons. The van der Waals surface area contributed by atoms with Crippen molar-refractivity contribution in [3.63, 3.8) is 0 Å². The number of hydrogen-bond donors (Lipinski definition) is 11. The summed E-state index contributed by atoms with van der Waals surface area (Å²) in [6, 6.07) is -1.48. The van der Waals surface area contributed by atoms with Gasteiger partial charge in [-0.3, -0.25) is 4.79 Å². The highest BCUT2D eigenvalue weighted by molar-refractivity contribution is 5.73. The van der Waals surface area contributed by atoms with Crippen molar-refractivity contribution in [1.82, 2.24) is 5.32 Å². The molecule has 17 heteroatoms. The van der Waals surface area contributed by atoms with Crippen LogP contribution in [0.4, 0.5) is 0 Å². The first-order valence-corrected chi connectivity index (χ1v) is 11.6. The zero-order valence-corrected chi connectivity index (χ0v) is 19.7. The van der Waals surface area contributed by atoms with Crippen LogP contribution in [-0.4, -0.2) is 169 Å². The third kappa shape index (κ3) is 6.38. The summed E-state index contributed by atoms with van der Waals surface area (Å²) >= 11 is 0. The molecule has 3 heterocycles. The number of hydrogen-bond acceptors (Lipinski definition) is 16. The van der Waals surface area contributed by atoms with Crippen molar-refractivity contribution >= 4 is 5.91 Å². The highest BCUT2D eigenvalue weighted by Crippen LogP contribution is 2.32. The molecule has 3 saturated heterocycles. The average molecular weight is 545 g/mol. The van der Waals surface area contributed by atoms with Crippen LogP contribution in [0.25, 0.3) is 0 Å². The molecule has 0 aromatic rings. The molecule has 37 heavy (non-hydrogen) atoms. The number of aliphatic hydroxyl groups is 10. The van der Waals surface area contributed by atoms with Gasteiger partial charge in [0, 0.05) is 6.92 Å². The topological polar surface area (TPSA) is 278 Å². The Morgan fingerprint density at radius 3 is 1.70 bits per heavy atom. The van der Waals surface area contributed by atoms with Crippen molar-refractivity contribution in [1.29, 1.82) is 0 Å². The first-order chi connectivity index (χ1) is 17.4. The maximum atomic E-state index is 12.0. The maximum Gasteiger partial charge on any atom is 0.217 e. The number of carbonyl (C=O) groups excluding carboxylic acids is 1. The Balaban J connectivity index is 1.90. The van der Waals surface area contributed by atoms with Gasteiger partial charge in [-0.05, 0) is 0 Å². The quantitative estimate of drug-likeness (QED) is 0.135. The lowest BCUT2D eigenvalue weighted by molar-refractivity contribution is -0.363. The van der Waals surface area contributed by atoms with Gasteiger partial charge < -0.3 is 80.1 Å². The summed E-state index contributed by atoms with van der Waals surface area (Å²) in [5.41, 5.74) is 0. The molecule has 0 saturated carbocycles. The van der Waals surface area contributed by atoms with E-state index in [1.54, 1.807) is 0 Å². The standard InChI is InChI=1S/C20H35NO16/c1-5(25)21-9-16(36-20-14(30)13(29)10(26)6(2-22)35-20)11(27)8(4-24)34-19(9)37-17-12(28)7(3-23)33-18(32)15(17)31/h6-20,22-24,26-32H,2-4H2,1H3,(H,21,25)/t6-,7-,8-,9-,10+,11-,12+,13+,14-,15-,16-,17+,18+,19+,20+/m1/s1. The van der Waals surface area contributed by atoms with Crippen molar-refractivity contribution in [3.05, 3.63) is 0 Å². The molecule has 3 aliphatic rings. The second kappa shape index (κ2) is 12.8. The lowest BCUT2D eigenvalue weighted by atomic mass is 9.94. The number of ether oxygens (including phenoxy) is 5. The monoisotopic (exact) mass is 545 g/mol. The van der Waals surface area contributed by atoms with E-state index in [0.29, 0.717) is 0 Å². The van der Waals surface area contributed by atoms with E-state index >= 15 is 0 Å². The van der Waals surface area contributed by atoms with Gasteiger partial charge in [-0.15, -0.1) is 0 Å². The molecule has 3 fully saturated rings. The first-order valence-electron chi connectivity index (χ1n) is 11.6. The molecule has 17 nitrogen and oxygen atoms in total. The number of carbonyl (C=O) groups is 1. The molecule has 1 amide bonds. The van der Waals surface area contributed by atoms with E-state index < -0.39 is 118 Å². The van der Waals surface area contributed by atoms with Crippen molar-refractivity contribution in [2.45, 2.75) is 99.0 Å². The molecule has 3 aliphatic heterocycles. The van der Waals surface area contributed by atoms with E-state index in [1.165, 1.54) is 0 Å². The fourth-order valence-corrected chi connectivity index (χ4v) is 4.45. The normalized spacial score (nSPS) is 49.0. The Morgan fingerprint density at radius 2 is 1.14 bits per heavy atom. The van der Waals surface area contributed by atoms with Crippen LogP contribution in [0.3, 0.4) is 0 Å². The molecule has 216 valence electrons. The molecule has 3 rings (SSSR count). The van der Waals surface area contributed by atoms with E-state index in [2.05, 4.69) is 5.32 Å². The molecular formula is C20H35NO16. The third-order valence-electron chi connectivity index (χ3n) is 6.49. The molecule has 0 unspecified atom stereocenters. The molecule has 0 bridgehead atoms. The van der Waals surface area contributed by atoms with Crippen LogP contribution < -0.4 is 5.32 Å². The predicted molar refractivity (Wildman–Crippen MR) is 113 cm³/mol. The largest absolute Gasteiger partial charge is 0.394 e. The predicted octanol–water partition coefficient (Wildman–Crippen LogP) is -7.43. The number of nitrogens with one attached hydrogen (secondary N) is 1. The van der Waals surface area contributed by atoms with Gasteiger partial charge in [0.05, 0.1) is 19.8 Å². The minimum atomic E-state index is -1.88. The van der Waals surface area contributed by atoms with Gasteiger partial charge in [0.2, 0.25) is 5.91 Å². The van der Waals surface area contributed by atoms with Crippen LogP contribution >= 0.6 is 0 Å². The number of rotatable bonds is 8. The van der Waals surface area contributed by atoms with Crippen molar-refractivity contribution in [2.75, 3.05) is 19.8 Å². The van der Waals surface area contributed by atoms with Gasteiger partial charge in [0.25, 0.3) is 0 Å². The van der Waals surface area contributed by atoms with E-state index in [-0.39, 0.29) is 0 Å². The van der Waals surface area contributed by atoms with Crippen LogP contribution in [0.1, 0.15) is 6.92 Å². The minimum absolute atomic E-state index is 0.694. The second-order valence-electron chi connectivity index (χ2n) is 9.07. The lowest BCUT2D eigenvalue weighted by Crippen LogP contribution is -2.69. The van der Waals surface area contributed by atoms with Gasteiger partial charge in [0.15, 0.2) is 18.9 Å². The van der Waals surface area contributed by atoms with Gasteiger partial charge >= 0.3 is 0 Å². The van der Waals surface area contributed by atoms with E-state index in [4.69, 9.17) is 23.7 Å². The maximum absolute atomic E-state index is 12.0. The summed E-state index contributed by atoms with van der Waals surface area (Å²) < 4.78 is 27.1. The lowest BCUT2D eigenvalue weighted by Gasteiger charge is -2.49. The van der Waals surface area contributed by atoms with Crippen LogP contribution in [0.15, 0.2) is 0 Å². The zero-order valence-electron chi connectivity index (χ0n) is 19.7. The van der Waals surface area contributed by atoms with Gasteiger partial charge in [-0.25, -0.2) is 0 Å². The average Bonchev–Trinajstić information content (AvgIpc) is 2.86. The summed E-state index contributed by atoms with van der Waals surface area (Å²) in [5, 5.41) is 103.